The Hall–Kier alpha value is -2.18. The number of likely N-dealkylation sites (tertiary alicyclic amines) is 2. The van der Waals surface area contributed by atoms with E-state index >= 15 is 0 Å². The summed E-state index contributed by atoms with van der Waals surface area (Å²) in [4.78, 5) is 21.4. The molecule has 0 bridgehead atoms. The molecule has 1 amide bonds. The summed E-state index contributed by atoms with van der Waals surface area (Å²) in [6, 6.07) is 7.65. The molecule has 1 N–H and O–H groups in total. The maximum absolute atomic E-state index is 13.0. The van der Waals surface area contributed by atoms with Crippen molar-refractivity contribution >= 4 is 5.91 Å². The van der Waals surface area contributed by atoms with E-state index in [4.69, 9.17) is 0 Å². The minimum absolute atomic E-state index is 0.0618. The van der Waals surface area contributed by atoms with Gasteiger partial charge in [-0.25, -0.2) is 4.98 Å². The second kappa shape index (κ2) is 8.23. The molecule has 2 fully saturated rings. The number of amides is 1. The molecule has 0 unspecified atom stereocenters. The van der Waals surface area contributed by atoms with E-state index in [2.05, 4.69) is 9.88 Å². The van der Waals surface area contributed by atoms with Gasteiger partial charge in [-0.1, -0.05) is 6.42 Å². The van der Waals surface area contributed by atoms with Crippen LogP contribution in [-0.2, 0) is 0 Å². The zero-order chi connectivity index (χ0) is 18.6. The van der Waals surface area contributed by atoms with Crippen LogP contribution < -0.4 is 0 Å². The minimum Gasteiger partial charge on any atom is -0.396 e. The predicted molar refractivity (Wildman–Crippen MR) is 104 cm³/mol. The molecule has 2 atom stereocenters. The van der Waals surface area contributed by atoms with Gasteiger partial charge in [0.05, 0.1) is 6.33 Å². The zero-order valence-corrected chi connectivity index (χ0v) is 15.7. The van der Waals surface area contributed by atoms with Gasteiger partial charge in [0, 0.05) is 55.8 Å². The maximum Gasteiger partial charge on any atom is 0.253 e. The summed E-state index contributed by atoms with van der Waals surface area (Å²) in [5.41, 5.74) is 1.69. The first-order valence-corrected chi connectivity index (χ1v) is 9.95. The van der Waals surface area contributed by atoms with Crippen LogP contribution in [0.15, 0.2) is 43.0 Å². The van der Waals surface area contributed by atoms with Crippen LogP contribution in [-0.4, -0.2) is 69.7 Å². The summed E-state index contributed by atoms with van der Waals surface area (Å²) >= 11 is 0. The lowest BCUT2D eigenvalue weighted by Gasteiger charge is -2.30. The summed E-state index contributed by atoms with van der Waals surface area (Å²) in [6.07, 6.45) is 9.22. The Balaban J connectivity index is 1.41. The van der Waals surface area contributed by atoms with Crippen LogP contribution in [0.3, 0.4) is 0 Å². The molecule has 0 saturated carbocycles. The zero-order valence-electron chi connectivity index (χ0n) is 15.7. The number of aliphatic hydroxyl groups is 1. The van der Waals surface area contributed by atoms with Gasteiger partial charge in [-0.05, 0) is 56.1 Å². The molecule has 144 valence electrons. The molecule has 2 aliphatic rings. The van der Waals surface area contributed by atoms with Gasteiger partial charge in [-0.2, -0.15) is 0 Å². The van der Waals surface area contributed by atoms with E-state index in [-0.39, 0.29) is 18.4 Å². The van der Waals surface area contributed by atoms with Crippen molar-refractivity contribution in [3.63, 3.8) is 0 Å². The number of piperidine rings is 1. The number of rotatable bonds is 5. The predicted octanol–water partition coefficient (Wildman–Crippen LogP) is 2.04. The van der Waals surface area contributed by atoms with Crippen LogP contribution in [0.5, 0.6) is 0 Å². The normalized spacial score (nSPS) is 23.7. The van der Waals surface area contributed by atoms with E-state index in [0.29, 0.717) is 18.0 Å². The summed E-state index contributed by atoms with van der Waals surface area (Å²) in [6.45, 7) is 4.84. The number of hydrogen-bond donors (Lipinski definition) is 1. The van der Waals surface area contributed by atoms with Crippen molar-refractivity contribution < 1.29 is 9.90 Å². The number of hydrogen-bond acceptors (Lipinski definition) is 4. The van der Waals surface area contributed by atoms with Crippen molar-refractivity contribution in [2.45, 2.75) is 19.3 Å². The molecule has 6 heteroatoms. The molecule has 2 aliphatic heterocycles. The summed E-state index contributed by atoms with van der Waals surface area (Å²) in [7, 11) is 0. The van der Waals surface area contributed by atoms with E-state index in [1.807, 2.05) is 39.9 Å². The van der Waals surface area contributed by atoms with E-state index in [0.717, 1.165) is 31.9 Å². The van der Waals surface area contributed by atoms with Gasteiger partial charge in [0.15, 0.2) is 0 Å². The molecule has 27 heavy (non-hydrogen) atoms. The Morgan fingerprint density at radius 3 is 2.48 bits per heavy atom. The van der Waals surface area contributed by atoms with Crippen molar-refractivity contribution in [1.82, 2.24) is 19.4 Å². The third-order valence-corrected chi connectivity index (χ3v) is 5.96. The average molecular weight is 368 g/mol. The van der Waals surface area contributed by atoms with Gasteiger partial charge in [0.1, 0.15) is 0 Å². The number of aromatic nitrogens is 2. The largest absolute Gasteiger partial charge is 0.396 e. The molecule has 0 aliphatic carbocycles. The second-order valence-electron chi connectivity index (χ2n) is 7.79. The fraction of sp³-hybridized carbons (Fsp3) is 0.524. The quantitative estimate of drug-likeness (QED) is 0.877. The van der Waals surface area contributed by atoms with E-state index in [9.17, 15) is 9.90 Å². The second-order valence-corrected chi connectivity index (χ2v) is 7.79. The monoisotopic (exact) mass is 368 g/mol. The van der Waals surface area contributed by atoms with Crippen molar-refractivity contribution in [1.29, 1.82) is 0 Å². The standard InChI is InChI=1S/C21H28N4O2/c26-15-19-14-25(13-18(19)12-23-9-2-1-3-10-23)21(27)17-4-6-20(7-5-17)24-11-8-22-16-24/h4-8,11,16,18-19,26H,1-3,9-10,12-15H2/t18-,19-/m1/s1. The van der Waals surface area contributed by atoms with Gasteiger partial charge in [-0.15, -0.1) is 0 Å². The first-order valence-electron chi connectivity index (χ1n) is 9.95. The van der Waals surface area contributed by atoms with Crippen molar-refractivity contribution in [3.05, 3.63) is 48.5 Å². The van der Waals surface area contributed by atoms with Crippen LogP contribution in [0.25, 0.3) is 5.69 Å². The SMILES string of the molecule is O=C(c1ccc(-n2ccnc2)cc1)N1C[C@@H](CN2CCCCC2)[C@@H](CO)C1. The van der Waals surface area contributed by atoms with Gasteiger partial charge in [0.25, 0.3) is 5.91 Å². The smallest absolute Gasteiger partial charge is 0.253 e. The van der Waals surface area contributed by atoms with Crippen LogP contribution in [0.4, 0.5) is 0 Å². The molecule has 1 aromatic heterocycles. The number of imidazole rings is 1. The third-order valence-electron chi connectivity index (χ3n) is 5.96. The Morgan fingerprint density at radius 1 is 1.07 bits per heavy atom. The lowest BCUT2D eigenvalue weighted by molar-refractivity contribution is 0.0778. The van der Waals surface area contributed by atoms with Crippen LogP contribution in [0.2, 0.25) is 0 Å². The first-order chi connectivity index (χ1) is 13.2. The molecule has 4 rings (SSSR count). The topological polar surface area (TPSA) is 61.6 Å². The molecular formula is C21H28N4O2. The number of nitrogens with zero attached hydrogens (tertiary/aromatic N) is 4. The summed E-state index contributed by atoms with van der Waals surface area (Å²) < 4.78 is 1.92. The van der Waals surface area contributed by atoms with E-state index in [1.54, 1.807) is 12.5 Å². The molecule has 3 heterocycles. The Labute approximate surface area is 160 Å². The van der Waals surface area contributed by atoms with Gasteiger partial charge < -0.3 is 19.5 Å². The van der Waals surface area contributed by atoms with Gasteiger partial charge >= 0.3 is 0 Å². The highest BCUT2D eigenvalue weighted by Crippen LogP contribution is 2.27. The Morgan fingerprint density at radius 2 is 1.81 bits per heavy atom. The number of carbonyl (C=O) groups excluding carboxylic acids is 1. The van der Waals surface area contributed by atoms with Crippen molar-refractivity contribution in [2.24, 2.45) is 11.8 Å². The summed E-state index contributed by atoms with van der Waals surface area (Å²) in [5, 5.41) is 9.81. The Bertz CT molecular complexity index is 738. The highest BCUT2D eigenvalue weighted by molar-refractivity contribution is 5.94. The number of aliphatic hydroxyl groups excluding tert-OH is 1. The van der Waals surface area contributed by atoms with E-state index in [1.165, 1.54) is 19.3 Å². The lowest BCUT2D eigenvalue weighted by atomic mass is 9.95. The fourth-order valence-electron chi connectivity index (χ4n) is 4.36. The van der Waals surface area contributed by atoms with Gasteiger partial charge in [-0.3, -0.25) is 4.79 Å². The molecule has 1 aromatic carbocycles. The molecular weight excluding hydrogens is 340 g/mol. The number of carbonyl (C=O) groups is 1. The van der Waals surface area contributed by atoms with Crippen molar-refractivity contribution in [2.75, 3.05) is 39.3 Å². The summed E-state index contributed by atoms with van der Waals surface area (Å²) in [5.74, 6) is 0.607. The van der Waals surface area contributed by atoms with Crippen LogP contribution in [0, 0.1) is 11.8 Å². The molecule has 0 radical (unpaired) electrons. The Kier molecular flexibility index (Phi) is 5.55. The third kappa shape index (κ3) is 4.06. The highest BCUT2D eigenvalue weighted by atomic mass is 16.3. The van der Waals surface area contributed by atoms with E-state index < -0.39 is 0 Å². The highest BCUT2D eigenvalue weighted by Gasteiger charge is 2.36. The van der Waals surface area contributed by atoms with Crippen LogP contribution in [0.1, 0.15) is 29.6 Å². The molecule has 2 aromatic rings. The van der Waals surface area contributed by atoms with Crippen LogP contribution >= 0.6 is 0 Å². The molecule has 0 spiro atoms. The average Bonchev–Trinajstić information content (AvgIpc) is 3.38. The fourth-order valence-corrected chi connectivity index (χ4v) is 4.36. The number of benzene rings is 1. The lowest BCUT2D eigenvalue weighted by Crippen LogP contribution is -2.37. The first kappa shape index (κ1) is 18.2. The molecule has 6 nitrogen and oxygen atoms in total. The minimum atomic E-state index is 0.0618. The van der Waals surface area contributed by atoms with Crippen molar-refractivity contribution in [3.8, 4) is 5.69 Å². The molecule has 2 saturated heterocycles. The van der Waals surface area contributed by atoms with Gasteiger partial charge in [0.2, 0.25) is 0 Å². The maximum atomic E-state index is 13.0.